The van der Waals surface area contributed by atoms with Gasteiger partial charge in [-0.2, -0.15) is 10.5 Å². The summed E-state index contributed by atoms with van der Waals surface area (Å²) in [7, 11) is 0. The molecule has 0 spiro atoms. The Morgan fingerprint density at radius 3 is 3.06 bits per heavy atom. The number of H-pyrrole nitrogens is 1. The molecule has 7 heteroatoms. The van der Waals surface area contributed by atoms with E-state index in [1.807, 2.05) is 0 Å². The maximum Gasteiger partial charge on any atom is 0.193 e. The van der Waals surface area contributed by atoms with Crippen molar-refractivity contribution in [1.82, 2.24) is 20.6 Å². The summed E-state index contributed by atoms with van der Waals surface area (Å²) < 4.78 is 0. The van der Waals surface area contributed by atoms with Crippen molar-refractivity contribution in [3.63, 3.8) is 0 Å². The number of aromatic amines is 1. The normalized spacial score (nSPS) is 9.75. The fourth-order valence-electron chi connectivity index (χ4n) is 1.19. The van der Waals surface area contributed by atoms with Crippen molar-refractivity contribution < 1.29 is 0 Å². The van der Waals surface area contributed by atoms with E-state index in [1.54, 1.807) is 18.2 Å². The second kappa shape index (κ2) is 4.59. The van der Waals surface area contributed by atoms with Crippen molar-refractivity contribution in [3.05, 3.63) is 34.6 Å². The van der Waals surface area contributed by atoms with Crippen molar-refractivity contribution in [2.75, 3.05) is 5.32 Å². The summed E-state index contributed by atoms with van der Waals surface area (Å²) in [6.45, 7) is 0.380. The molecule has 1 aromatic carbocycles. The number of tetrazole rings is 1. The molecular formula is C9H7ClN6. The minimum Gasteiger partial charge on any atom is -0.376 e. The molecule has 16 heavy (non-hydrogen) atoms. The highest BCUT2D eigenvalue weighted by Gasteiger charge is 2.04. The van der Waals surface area contributed by atoms with E-state index in [0.29, 0.717) is 28.6 Å². The van der Waals surface area contributed by atoms with Crippen molar-refractivity contribution in [3.8, 4) is 6.07 Å². The van der Waals surface area contributed by atoms with Crippen LogP contribution in [-0.4, -0.2) is 20.6 Å². The Morgan fingerprint density at radius 1 is 1.50 bits per heavy atom. The van der Waals surface area contributed by atoms with E-state index in [4.69, 9.17) is 16.9 Å². The van der Waals surface area contributed by atoms with Gasteiger partial charge in [-0.25, -0.2) is 0 Å². The zero-order valence-electron chi connectivity index (χ0n) is 8.11. The van der Waals surface area contributed by atoms with E-state index in [2.05, 4.69) is 32.0 Å². The van der Waals surface area contributed by atoms with Crippen LogP contribution in [0.3, 0.4) is 0 Å². The van der Waals surface area contributed by atoms with Gasteiger partial charge in [-0.15, -0.1) is 10.2 Å². The van der Waals surface area contributed by atoms with Crippen LogP contribution in [0.2, 0.25) is 5.02 Å². The number of halogens is 1. The molecule has 6 nitrogen and oxygen atoms in total. The Labute approximate surface area is 96.2 Å². The number of nitriles is 1. The first kappa shape index (κ1) is 10.4. The van der Waals surface area contributed by atoms with E-state index in [0.717, 1.165) is 0 Å². The number of nitrogens with one attached hydrogen (secondary N) is 2. The van der Waals surface area contributed by atoms with Gasteiger partial charge in [0.2, 0.25) is 0 Å². The van der Waals surface area contributed by atoms with Crippen LogP contribution in [0.25, 0.3) is 0 Å². The Bertz CT molecular complexity index is 515. The largest absolute Gasteiger partial charge is 0.376 e. The number of anilines is 1. The zero-order valence-corrected chi connectivity index (χ0v) is 8.86. The third-order valence-electron chi connectivity index (χ3n) is 1.93. The summed E-state index contributed by atoms with van der Waals surface area (Å²) in [5.74, 6) is 0.517. The second-order valence-corrected chi connectivity index (χ2v) is 3.42. The molecule has 0 amide bonds. The number of aromatic nitrogens is 4. The van der Waals surface area contributed by atoms with Gasteiger partial charge in [0.25, 0.3) is 0 Å². The molecule has 0 bridgehead atoms. The number of hydrogen-bond donors (Lipinski definition) is 2. The van der Waals surface area contributed by atoms with Gasteiger partial charge in [0.05, 0.1) is 17.8 Å². The van der Waals surface area contributed by atoms with E-state index in [-0.39, 0.29) is 0 Å². The SMILES string of the molecule is N#Cc1ccc(Cl)cc1NCc1nn[nH]n1. The molecule has 0 fully saturated rings. The topological polar surface area (TPSA) is 90.3 Å². The van der Waals surface area contributed by atoms with Crippen molar-refractivity contribution >= 4 is 17.3 Å². The van der Waals surface area contributed by atoms with E-state index >= 15 is 0 Å². The van der Waals surface area contributed by atoms with Crippen LogP contribution in [0.1, 0.15) is 11.4 Å². The predicted octanol–water partition coefficient (Wildman–Crippen LogP) is 1.34. The first-order valence-corrected chi connectivity index (χ1v) is 4.83. The van der Waals surface area contributed by atoms with Crippen molar-refractivity contribution in [1.29, 1.82) is 5.26 Å². The van der Waals surface area contributed by atoms with Crippen molar-refractivity contribution in [2.24, 2.45) is 0 Å². The molecule has 1 aromatic heterocycles. The summed E-state index contributed by atoms with van der Waals surface area (Å²) >= 11 is 5.84. The third-order valence-corrected chi connectivity index (χ3v) is 2.16. The average Bonchev–Trinajstić information content (AvgIpc) is 2.79. The Morgan fingerprint density at radius 2 is 2.38 bits per heavy atom. The van der Waals surface area contributed by atoms with E-state index < -0.39 is 0 Å². The van der Waals surface area contributed by atoms with Crippen LogP contribution in [0.4, 0.5) is 5.69 Å². The van der Waals surface area contributed by atoms with E-state index in [1.165, 1.54) is 0 Å². The lowest BCUT2D eigenvalue weighted by Crippen LogP contribution is -2.03. The zero-order chi connectivity index (χ0) is 11.4. The first-order valence-electron chi connectivity index (χ1n) is 4.45. The van der Waals surface area contributed by atoms with Crippen LogP contribution in [0.15, 0.2) is 18.2 Å². The molecule has 0 aliphatic carbocycles. The Kier molecular flexibility index (Phi) is 2.98. The molecule has 0 unspecified atom stereocenters. The molecule has 0 atom stereocenters. The molecule has 80 valence electrons. The summed E-state index contributed by atoms with van der Waals surface area (Å²) in [5.41, 5.74) is 1.17. The van der Waals surface area contributed by atoms with Gasteiger partial charge < -0.3 is 5.32 Å². The smallest absolute Gasteiger partial charge is 0.193 e. The monoisotopic (exact) mass is 234 g/mol. The highest BCUT2D eigenvalue weighted by Crippen LogP contribution is 2.20. The van der Waals surface area contributed by atoms with Gasteiger partial charge in [-0.3, -0.25) is 0 Å². The molecule has 2 aromatic rings. The van der Waals surface area contributed by atoms with Crippen LogP contribution in [0, 0.1) is 11.3 Å². The fraction of sp³-hybridized carbons (Fsp3) is 0.111. The summed E-state index contributed by atoms with van der Waals surface area (Å²) in [5, 5.41) is 25.8. The first-order chi connectivity index (χ1) is 7.79. The molecule has 0 saturated heterocycles. The Hall–Kier alpha value is -2.13. The van der Waals surface area contributed by atoms with Gasteiger partial charge >= 0.3 is 0 Å². The lowest BCUT2D eigenvalue weighted by molar-refractivity contribution is 0.881. The Balaban J connectivity index is 2.15. The summed E-state index contributed by atoms with van der Waals surface area (Å²) in [4.78, 5) is 0. The van der Waals surface area contributed by atoms with Crippen LogP contribution >= 0.6 is 11.6 Å². The average molecular weight is 235 g/mol. The van der Waals surface area contributed by atoms with E-state index in [9.17, 15) is 0 Å². The highest BCUT2D eigenvalue weighted by atomic mass is 35.5. The van der Waals surface area contributed by atoms with Gasteiger partial charge in [0.15, 0.2) is 5.82 Å². The molecule has 0 radical (unpaired) electrons. The molecule has 2 rings (SSSR count). The predicted molar refractivity (Wildman–Crippen MR) is 57.7 cm³/mol. The molecule has 0 aliphatic rings. The standard InChI is InChI=1S/C9H7ClN6/c10-7-2-1-6(4-11)8(3-7)12-5-9-13-15-16-14-9/h1-3,12H,5H2,(H,13,14,15,16). The number of benzene rings is 1. The van der Waals surface area contributed by atoms with Crippen LogP contribution in [-0.2, 0) is 6.54 Å². The fourth-order valence-corrected chi connectivity index (χ4v) is 1.36. The lowest BCUT2D eigenvalue weighted by Gasteiger charge is -2.05. The number of hydrogen-bond acceptors (Lipinski definition) is 5. The van der Waals surface area contributed by atoms with Crippen LogP contribution in [0.5, 0.6) is 0 Å². The van der Waals surface area contributed by atoms with Gasteiger partial charge in [-0.05, 0) is 18.2 Å². The molecule has 0 saturated carbocycles. The van der Waals surface area contributed by atoms with Crippen molar-refractivity contribution in [2.45, 2.75) is 6.54 Å². The highest BCUT2D eigenvalue weighted by molar-refractivity contribution is 6.30. The van der Waals surface area contributed by atoms with Crippen LogP contribution < -0.4 is 5.32 Å². The molecular weight excluding hydrogens is 228 g/mol. The minimum absolute atomic E-state index is 0.380. The second-order valence-electron chi connectivity index (χ2n) is 2.98. The summed E-state index contributed by atoms with van der Waals surface area (Å²) in [6, 6.07) is 7.07. The summed E-state index contributed by atoms with van der Waals surface area (Å²) in [6.07, 6.45) is 0. The van der Waals surface area contributed by atoms with Gasteiger partial charge in [0.1, 0.15) is 6.07 Å². The minimum atomic E-state index is 0.380. The number of rotatable bonds is 3. The number of nitrogens with zero attached hydrogens (tertiary/aromatic N) is 4. The van der Waals surface area contributed by atoms with Gasteiger partial charge in [0, 0.05) is 5.02 Å². The van der Waals surface area contributed by atoms with Gasteiger partial charge in [-0.1, -0.05) is 16.8 Å². The third kappa shape index (κ3) is 2.27. The maximum absolute atomic E-state index is 8.88. The molecule has 2 N–H and O–H groups in total. The quantitative estimate of drug-likeness (QED) is 0.836. The molecule has 0 aliphatic heterocycles. The molecule has 1 heterocycles. The maximum atomic E-state index is 8.88. The lowest BCUT2D eigenvalue weighted by atomic mass is 10.2.